The molecule has 1 unspecified atom stereocenters. The second kappa shape index (κ2) is 9.28. The SMILES string of the molecule is COc1ccc(C2c3cccn3-c3ccccc3N2C(=O)CN(C(=O)c2ccc(C)cc2)C2CC2)cc1. The van der Waals surface area contributed by atoms with E-state index < -0.39 is 0 Å². The minimum Gasteiger partial charge on any atom is -0.497 e. The number of aryl methyl sites for hydroxylation is 1. The van der Waals surface area contributed by atoms with Gasteiger partial charge in [0, 0.05) is 17.8 Å². The molecule has 1 saturated carbocycles. The van der Waals surface area contributed by atoms with Crippen molar-refractivity contribution in [1.29, 1.82) is 0 Å². The average molecular weight is 492 g/mol. The van der Waals surface area contributed by atoms with Crippen molar-refractivity contribution in [1.82, 2.24) is 9.47 Å². The summed E-state index contributed by atoms with van der Waals surface area (Å²) in [6.07, 6.45) is 3.88. The zero-order chi connectivity index (χ0) is 25.5. The molecule has 1 aromatic heterocycles. The number of carbonyl (C=O) groups is 2. The smallest absolute Gasteiger partial charge is 0.254 e. The lowest BCUT2D eigenvalue weighted by molar-refractivity contribution is -0.119. The third-order valence-electron chi connectivity index (χ3n) is 7.27. The van der Waals surface area contributed by atoms with E-state index in [0.29, 0.717) is 5.56 Å². The van der Waals surface area contributed by atoms with E-state index in [9.17, 15) is 9.59 Å². The lowest BCUT2D eigenvalue weighted by Crippen LogP contribution is -2.47. The van der Waals surface area contributed by atoms with Crippen molar-refractivity contribution in [2.45, 2.75) is 31.8 Å². The fourth-order valence-corrected chi connectivity index (χ4v) is 5.20. The molecule has 2 heterocycles. The van der Waals surface area contributed by atoms with Gasteiger partial charge in [-0.15, -0.1) is 0 Å². The maximum absolute atomic E-state index is 14.2. The molecule has 186 valence electrons. The van der Waals surface area contributed by atoms with Gasteiger partial charge in [0.1, 0.15) is 18.3 Å². The Bertz CT molecular complexity index is 1450. The summed E-state index contributed by atoms with van der Waals surface area (Å²) in [6.45, 7) is 2.03. The molecule has 37 heavy (non-hydrogen) atoms. The van der Waals surface area contributed by atoms with E-state index in [4.69, 9.17) is 4.74 Å². The lowest BCUT2D eigenvalue weighted by Gasteiger charge is -2.39. The number of ether oxygens (including phenoxy) is 1. The van der Waals surface area contributed by atoms with E-state index in [1.54, 1.807) is 12.0 Å². The molecule has 6 heteroatoms. The Labute approximate surface area is 216 Å². The Hall–Kier alpha value is -4.32. The van der Waals surface area contributed by atoms with Crippen LogP contribution >= 0.6 is 0 Å². The molecule has 0 saturated heterocycles. The third-order valence-corrected chi connectivity index (χ3v) is 7.27. The Kier molecular flexibility index (Phi) is 5.80. The Morgan fingerprint density at radius 1 is 0.892 bits per heavy atom. The molecule has 0 bridgehead atoms. The van der Waals surface area contributed by atoms with Crippen LogP contribution in [0, 0.1) is 6.92 Å². The molecule has 0 N–H and O–H groups in total. The second-order valence-electron chi connectivity index (χ2n) is 9.76. The molecule has 1 aliphatic heterocycles. The number of amides is 2. The molecule has 3 aromatic carbocycles. The van der Waals surface area contributed by atoms with Gasteiger partial charge in [0.25, 0.3) is 5.91 Å². The number of fused-ring (bicyclic) bond motifs is 3. The monoisotopic (exact) mass is 491 g/mol. The Morgan fingerprint density at radius 2 is 1.59 bits per heavy atom. The maximum Gasteiger partial charge on any atom is 0.254 e. The number of carbonyl (C=O) groups excluding carboxylic acids is 2. The highest BCUT2D eigenvalue weighted by Crippen LogP contribution is 2.43. The van der Waals surface area contributed by atoms with Crippen LogP contribution in [0.1, 0.15) is 46.1 Å². The van der Waals surface area contributed by atoms with Gasteiger partial charge in [-0.2, -0.15) is 0 Å². The average Bonchev–Trinajstić information content (AvgIpc) is 3.66. The predicted octanol–water partition coefficient (Wildman–Crippen LogP) is 5.54. The number of nitrogens with zero attached hydrogens (tertiary/aromatic N) is 3. The highest BCUT2D eigenvalue weighted by Gasteiger charge is 2.40. The largest absolute Gasteiger partial charge is 0.497 e. The van der Waals surface area contributed by atoms with Crippen molar-refractivity contribution in [3.8, 4) is 11.4 Å². The van der Waals surface area contributed by atoms with Crippen LogP contribution in [0.5, 0.6) is 5.75 Å². The maximum atomic E-state index is 14.2. The molecule has 6 nitrogen and oxygen atoms in total. The molecule has 1 aliphatic carbocycles. The number of anilines is 1. The van der Waals surface area contributed by atoms with Crippen molar-refractivity contribution in [3.63, 3.8) is 0 Å². The summed E-state index contributed by atoms with van der Waals surface area (Å²) in [7, 11) is 1.64. The standard InChI is InChI=1S/C31H29N3O3/c1-21-9-11-23(12-10-21)31(36)33(24-15-16-24)20-29(35)34-27-7-4-3-6-26(27)32-19-5-8-28(32)30(34)22-13-17-25(37-2)18-14-22/h3-14,17-19,24,30H,15-16,20H2,1-2H3. The number of benzene rings is 3. The minimum absolute atomic E-state index is 0.0269. The van der Waals surface area contributed by atoms with Gasteiger partial charge in [0.05, 0.1) is 24.2 Å². The van der Waals surface area contributed by atoms with Crippen LogP contribution in [0.4, 0.5) is 5.69 Å². The van der Waals surface area contributed by atoms with Gasteiger partial charge >= 0.3 is 0 Å². The number of hydrogen-bond donors (Lipinski definition) is 0. The Morgan fingerprint density at radius 3 is 2.27 bits per heavy atom. The quantitative estimate of drug-likeness (QED) is 0.356. The van der Waals surface area contributed by atoms with Crippen molar-refractivity contribution in [3.05, 3.63) is 114 Å². The summed E-state index contributed by atoms with van der Waals surface area (Å²) in [4.78, 5) is 31.4. The topological polar surface area (TPSA) is 54.8 Å². The summed E-state index contributed by atoms with van der Waals surface area (Å²) in [5, 5.41) is 0. The van der Waals surface area contributed by atoms with Gasteiger partial charge in [-0.05, 0) is 73.9 Å². The number of para-hydroxylation sites is 2. The second-order valence-corrected chi connectivity index (χ2v) is 9.76. The van der Waals surface area contributed by atoms with Crippen LogP contribution in [0.3, 0.4) is 0 Å². The summed E-state index contributed by atoms with van der Waals surface area (Å²) in [5.74, 6) is 0.565. The molecular formula is C31H29N3O3. The molecule has 1 atom stereocenters. The van der Waals surface area contributed by atoms with Crippen molar-refractivity contribution in [2.24, 2.45) is 0 Å². The first-order chi connectivity index (χ1) is 18.0. The van der Waals surface area contributed by atoms with Crippen LogP contribution in [0.2, 0.25) is 0 Å². The fraction of sp³-hybridized carbons (Fsp3) is 0.226. The molecule has 4 aromatic rings. The number of hydrogen-bond acceptors (Lipinski definition) is 3. The molecule has 1 fully saturated rings. The van der Waals surface area contributed by atoms with Crippen LogP contribution in [0.15, 0.2) is 91.1 Å². The van der Waals surface area contributed by atoms with Crippen molar-refractivity contribution in [2.75, 3.05) is 18.6 Å². The first-order valence-electron chi connectivity index (χ1n) is 12.7. The lowest BCUT2D eigenvalue weighted by atomic mass is 9.97. The molecular weight excluding hydrogens is 462 g/mol. The van der Waals surface area contributed by atoms with Gasteiger partial charge < -0.3 is 14.2 Å². The van der Waals surface area contributed by atoms with Crippen LogP contribution in [0.25, 0.3) is 5.69 Å². The van der Waals surface area contributed by atoms with E-state index in [1.165, 1.54) is 0 Å². The van der Waals surface area contributed by atoms with Crippen LogP contribution in [-0.4, -0.2) is 41.0 Å². The summed E-state index contributed by atoms with van der Waals surface area (Å²) in [6, 6.07) is 27.2. The van der Waals surface area contributed by atoms with Gasteiger partial charge in [-0.3, -0.25) is 14.5 Å². The van der Waals surface area contributed by atoms with Crippen molar-refractivity contribution < 1.29 is 14.3 Å². The molecule has 2 amide bonds. The zero-order valence-electron chi connectivity index (χ0n) is 21.0. The van der Waals surface area contributed by atoms with Gasteiger partial charge in [-0.25, -0.2) is 0 Å². The number of aromatic nitrogens is 1. The van der Waals surface area contributed by atoms with E-state index in [0.717, 1.165) is 46.8 Å². The van der Waals surface area contributed by atoms with Gasteiger partial charge in [0.15, 0.2) is 0 Å². The number of methoxy groups -OCH3 is 1. The minimum atomic E-state index is -0.334. The number of rotatable bonds is 6. The van der Waals surface area contributed by atoms with Crippen LogP contribution in [-0.2, 0) is 4.79 Å². The van der Waals surface area contributed by atoms with Crippen LogP contribution < -0.4 is 9.64 Å². The van der Waals surface area contributed by atoms with E-state index in [2.05, 4.69) is 10.6 Å². The zero-order valence-corrected chi connectivity index (χ0v) is 21.0. The molecule has 0 spiro atoms. The fourth-order valence-electron chi connectivity index (χ4n) is 5.20. The van der Waals surface area contributed by atoms with Gasteiger partial charge in [-0.1, -0.05) is 42.0 Å². The molecule has 0 radical (unpaired) electrons. The summed E-state index contributed by atoms with van der Waals surface area (Å²) < 4.78 is 7.52. The third kappa shape index (κ3) is 4.18. The normalized spacial score (nSPS) is 16.1. The van der Waals surface area contributed by atoms with E-state index in [1.807, 2.05) is 96.9 Å². The highest BCUT2D eigenvalue weighted by molar-refractivity contribution is 6.03. The van der Waals surface area contributed by atoms with E-state index in [-0.39, 0.29) is 30.4 Å². The molecule has 6 rings (SSSR count). The first kappa shape index (κ1) is 23.1. The predicted molar refractivity (Wildman–Crippen MR) is 143 cm³/mol. The summed E-state index contributed by atoms with van der Waals surface area (Å²) in [5.41, 5.74) is 5.47. The van der Waals surface area contributed by atoms with E-state index >= 15 is 0 Å². The van der Waals surface area contributed by atoms with Gasteiger partial charge in [0.2, 0.25) is 5.91 Å². The van der Waals surface area contributed by atoms with Crippen molar-refractivity contribution >= 4 is 17.5 Å². The molecule has 2 aliphatic rings. The summed E-state index contributed by atoms with van der Waals surface area (Å²) >= 11 is 0. The Balaban J connectivity index is 1.40. The highest BCUT2D eigenvalue weighted by atomic mass is 16.5. The first-order valence-corrected chi connectivity index (χ1v) is 12.7.